The van der Waals surface area contributed by atoms with Gasteiger partial charge in [-0.25, -0.2) is 0 Å². The van der Waals surface area contributed by atoms with Crippen molar-refractivity contribution < 1.29 is 13.9 Å². The van der Waals surface area contributed by atoms with Gasteiger partial charge in [0.15, 0.2) is 0 Å². The normalized spacial score (nSPS) is 10.3. The summed E-state index contributed by atoms with van der Waals surface area (Å²) in [6.07, 6.45) is 1.36. The molecule has 15 heavy (non-hydrogen) atoms. The van der Waals surface area contributed by atoms with Crippen LogP contribution in [0.15, 0.2) is 16.7 Å². The summed E-state index contributed by atoms with van der Waals surface area (Å²) in [5.41, 5.74) is 0.328. The van der Waals surface area contributed by atoms with E-state index in [1.807, 2.05) is 0 Å². The van der Waals surface area contributed by atoms with Crippen LogP contribution in [0.4, 0.5) is 0 Å². The van der Waals surface area contributed by atoms with Crippen molar-refractivity contribution in [2.45, 2.75) is 0 Å². The number of carbonyl (C=O) groups is 1. The van der Waals surface area contributed by atoms with Crippen LogP contribution in [0.5, 0.6) is 0 Å². The third kappa shape index (κ3) is 4.11. The molecule has 0 unspecified atom stereocenters. The van der Waals surface area contributed by atoms with Gasteiger partial charge in [-0.3, -0.25) is 4.79 Å². The Bertz CT molecular complexity index is 314. The van der Waals surface area contributed by atoms with Crippen molar-refractivity contribution in [3.05, 3.63) is 23.1 Å². The Kier molecular flexibility index (Phi) is 5.53. The van der Waals surface area contributed by atoms with Gasteiger partial charge in [-0.1, -0.05) is 0 Å². The predicted octanol–water partition coefficient (Wildman–Crippen LogP) is 1.92. The summed E-state index contributed by atoms with van der Waals surface area (Å²) in [5, 5.41) is 2.73. The molecule has 0 spiro atoms. The van der Waals surface area contributed by atoms with E-state index in [0.29, 0.717) is 31.2 Å². The van der Waals surface area contributed by atoms with Crippen molar-refractivity contribution in [1.82, 2.24) is 5.32 Å². The Labute approximate surface area is 97.5 Å². The van der Waals surface area contributed by atoms with Gasteiger partial charge in [-0.2, -0.15) is 0 Å². The highest BCUT2D eigenvalue weighted by molar-refractivity contribution is 6.32. The van der Waals surface area contributed by atoms with E-state index < -0.39 is 0 Å². The molecule has 1 aromatic heterocycles. The van der Waals surface area contributed by atoms with Gasteiger partial charge in [-0.15, -0.1) is 11.6 Å². The lowest BCUT2D eigenvalue weighted by atomic mass is 10.3. The maximum Gasteiger partial charge on any atom is 0.256 e. The molecule has 1 rings (SSSR count). The lowest BCUT2D eigenvalue weighted by Crippen LogP contribution is -2.27. The first-order valence-corrected chi connectivity index (χ1v) is 5.32. The van der Waals surface area contributed by atoms with Crippen LogP contribution in [-0.2, 0) is 4.74 Å². The van der Waals surface area contributed by atoms with E-state index in [0.717, 1.165) is 0 Å². The first-order valence-electron chi connectivity index (χ1n) is 4.40. The average molecular weight is 252 g/mol. The van der Waals surface area contributed by atoms with Crippen molar-refractivity contribution in [3.8, 4) is 0 Å². The minimum Gasteiger partial charge on any atom is -0.452 e. The maximum atomic E-state index is 11.4. The summed E-state index contributed by atoms with van der Waals surface area (Å²) < 4.78 is 9.86. The molecular weight excluding hydrogens is 241 g/mol. The number of ether oxygens (including phenoxy) is 1. The largest absolute Gasteiger partial charge is 0.452 e. The smallest absolute Gasteiger partial charge is 0.256 e. The maximum absolute atomic E-state index is 11.4. The van der Waals surface area contributed by atoms with E-state index in [9.17, 15) is 4.79 Å². The Hall–Kier alpha value is -0.710. The molecule has 0 aliphatic rings. The van der Waals surface area contributed by atoms with Crippen LogP contribution in [0.1, 0.15) is 10.4 Å². The number of nitrogens with one attached hydrogen (secondary N) is 1. The first kappa shape index (κ1) is 12.4. The number of amides is 1. The molecule has 0 aliphatic heterocycles. The second kappa shape index (κ2) is 6.71. The third-order valence-corrected chi connectivity index (χ3v) is 2.06. The molecule has 4 nitrogen and oxygen atoms in total. The van der Waals surface area contributed by atoms with E-state index in [1.54, 1.807) is 0 Å². The van der Waals surface area contributed by atoms with Gasteiger partial charge in [0.2, 0.25) is 5.22 Å². The van der Waals surface area contributed by atoms with Crippen molar-refractivity contribution in [3.63, 3.8) is 0 Å². The Balaban J connectivity index is 2.22. The van der Waals surface area contributed by atoms with E-state index >= 15 is 0 Å². The number of halogens is 2. The highest BCUT2D eigenvalue weighted by Gasteiger charge is 2.11. The summed E-state index contributed by atoms with van der Waals surface area (Å²) >= 11 is 11.0. The van der Waals surface area contributed by atoms with Crippen LogP contribution in [0, 0.1) is 0 Å². The minimum atomic E-state index is -0.275. The van der Waals surface area contributed by atoms with Crippen LogP contribution in [-0.4, -0.2) is 31.5 Å². The summed E-state index contributed by atoms with van der Waals surface area (Å²) in [4.78, 5) is 11.4. The van der Waals surface area contributed by atoms with Crippen LogP contribution < -0.4 is 5.32 Å². The van der Waals surface area contributed by atoms with E-state index in [1.165, 1.54) is 12.3 Å². The van der Waals surface area contributed by atoms with E-state index in [2.05, 4.69) is 5.32 Å². The monoisotopic (exact) mass is 251 g/mol. The fourth-order valence-corrected chi connectivity index (χ4v) is 1.25. The molecule has 84 valence electrons. The van der Waals surface area contributed by atoms with E-state index in [4.69, 9.17) is 32.4 Å². The van der Waals surface area contributed by atoms with Crippen molar-refractivity contribution in [2.75, 3.05) is 25.6 Å². The summed E-state index contributed by atoms with van der Waals surface area (Å²) in [7, 11) is 0. The molecule has 0 radical (unpaired) electrons. The molecule has 0 aromatic carbocycles. The molecule has 1 N–H and O–H groups in total. The number of hydrogen-bond acceptors (Lipinski definition) is 3. The molecule has 0 atom stereocenters. The second-order valence-electron chi connectivity index (χ2n) is 2.67. The average Bonchev–Trinajstić information content (AvgIpc) is 2.64. The highest BCUT2D eigenvalue weighted by atomic mass is 35.5. The van der Waals surface area contributed by atoms with Crippen LogP contribution in [0.3, 0.4) is 0 Å². The quantitative estimate of drug-likeness (QED) is 0.621. The third-order valence-electron chi connectivity index (χ3n) is 1.62. The van der Waals surface area contributed by atoms with Gasteiger partial charge in [0.25, 0.3) is 5.91 Å². The van der Waals surface area contributed by atoms with Crippen LogP contribution >= 0.6 is 23.2 Å². The number of alkyl halides is 1. The van der Waals surface area contributed by atoms with Crippen molar-refractivity contribution in [2.24, 2.45) is 0 Å². The molecule has 0 saturated heterocycles. The SMILES string of the molecule is O=C(NCCOCCCl)c1ccoc1Cl. The van der Waals surface area contributed by atoms with Crippen LogP contribution in [0.2, 0.25) is 5.22 Å². The molecule has 1 heterocycles. The number of carbonyl (C=O) groups excluding carboxylic acids is 1. The molecule has 1 amide bonds. The summed E-state index contributed by atoms with van der Waals surface area (Å²) in [5.74, 6) is 0.171. The molecule has 0 aliphatic carbocycles. The minimum absolute atomic E-state index is 0.0918. The summed E-state index contributed by atoms with van der Waals surface area (Å²) in [6.45, 7) is 1.31. The van der Waals surface area contributed by atoms with Gasteiger partial charge < -0.3 is 14.5 Å². The number of furan rings is 1. The number of rotatable bonds is 6. The fourth-order valence-electron chi connectivity index (χ4n) is 0.944. The zero-order valence-corrected chi connectivity index (χ0v) is 9.48. The lowest BCUT2D eigenvalue weighted by molar-refractivity contribution is 0.0923. The molecule has 0 saturated carbocycles. The molecule has 0 fully saturated rings. The Morgan fingerprint density at radius 2 is 2.33 bits per heavy atom. The zero-order valence-electron chi connectivity index (χ0n) is 7.96. The van der Waals surface area contributed by atoms with Crippen LogP contribution in [0.25, 0.3) is 0 Å². The highest BCUT2D eigenvalue weighted by Crippen LogP contribution is 2.15. The fraction of sp³-hybridized carbons (Fsp3) is 0.444. The number of hydrogen-bond donors (Lipinski definition) is 1. The van der Waals surface area contributed by atoms with Crippen molar-refractivity contribution in [1.29, 1.82) is 0 Å². The zero-order chi connectivity index (χ0) is 11.1. The standard InChI is InChI=1S/C9H11Cl2NO3/c10-2-5-14-6-3-12-9(13)7-1-4-15-8(7)11/h1,4H,2-3,5-6H2,(H,12,13). The van der Waals surface area contributed by atoms with Gasteiger partial charge in [0, 0.05) is 12.4 Å². The van der Waals surface area contributed by atoms with Crippen molar-refractivity contribution >= 4 is 29.1 Å². The molecule has 6 heteroatoms. The van der Waals surface area contributed by atoms with Gasteiger partial charge in [0.05, 0.1) is 25.0 Å². The lowest BCUT2D eigenvalue weighted by Gasteiger charge is -2.03. The van der Waals surface area contributed by atoms with Gasteiger partial charge in [0.1, 0.15) is 0 Å². The summed E-state index contributed by atoms with van der Waals surface area (Å²) in [6, 6.07) is 1.51. The predicted molar refractivity (Wildman–Crippen MR) is 57.6 cm³/mol. The Morgan fingerprint density at radius 3 is 2.93 bits per heavy atom. The molecule has 1 aromatic rings. The van der Waals surface area contributed by atoms with Gasteiger partial charge in [-0.05, 0) is 17.7 Å². The molecular formula is C9H11Cl2NO3. The second-order valence-corrected chi connectivity index (χ2v) is 3.39. The first-order chi connectivity index (χ1) is 7.25. The topological polar surface area (TPSA) is 51.5 Å². The molecule has 0 bridgehead atoms. The van der Waals surface area contributed by atoms with E-state index in [-0.39, 0.29) is 11.1 Å². The van der Waals surface area contributed by atoms with Gasteiger partial charge >= 0.3 is 0 Å². The Morgan fingerprint density at radius 1 is 1.53 bits per heavy atom.